The molecule has 2 aromatic carbocycles. The van der Waals surface area contributed by atoms with Gasteiger partial charge in [-0.2, -0.15) is 26.3 Å². The van der Waals surface area contributed by atoms with Crippen molar-refractivity contribution in [1.82, 2.24) is 10.6 Å². The van der Waals surface area contributed by atoms with Crippen LogP contribution in [0.2, 0.25) is 0 Å². The first kappa shape index (κ1) is 25.5. The smallest absolute Gasteiger partial charge is 0.373 e. The highest BCUT2D eigenvalue weighted by Gasteiger charge is 2.50. The van der Waals surface area contributed by atoms with Crippen LogP contribution in [-0.4, -0.2) is 24.7 Å². The van der Waals surface area contributed by atoms with E-state index in [0.29, 0.717) is 44.5 Å². The Hall–Kier alpha value is -2.59. The molecule has 2 aliphatic rings. The summed E-state index contributed by atoms with van der Waals surface area (Å²) in [4.78, 5) is 12.4. The van der Waals surface area contributed by atoms with Gasteiger partial charge < -0.3 is 10.1 Å². The Morgan fingerprint density at radius 3 is 1.97 bits per heavy atom. The van der Waals surface area contributed by atoms with Gasteiger partial charge in [0.15, 0.2) is 0 Å². The molecule has 2 aromatic rings. The molecular formula is C25H26F6N2O2. The van der Waals surface area contributed by atoms with Crippen LogP contribution in [0, 0.1) is 0 Å². The number of hydrogen-bond donors (Lipinski definition) is 2. The second-order valence-corrected chi connectivity index (χ2v) is 9.38. The number of nitrogens with one attached hydrogen (secondary N) is 2. The van der Waals surface area contributed by atoms with Crippen molar-refractivity contribution < 1.29 is 35.9 Å². The molecule has 10 heteroatoms. The van der Waals surface area contributed by atoms with Gasteiger partial charge in [0.25, 0.3) is 0 Å². The molecule has 1 heterocycles. The van der Waals surface area contributed by atoms with E-state index in [1.165, 1.54) is 6.92 Å². The Kier molecular flexibility index (Phi) is 6.65. The normalized spacial score (nSPS) is 26.1. The van der Waals surface area contributed by atoms with Gasteiger partial charge in [-0.3, -0.25) is 10.1 Å². The molecule has 1 saturated carbocycles. The summed E-state index contributed by atoms with van der Waals surface area (Å²) in [7, 11) is 0. The minimum absolute atomic E-state index is 0.0582. The second kappa shape index (κ2) is 9.13. The van der Waals surface area contributed by atoms with Crippen molar-refractivity contribution in [1.29, 1.82) is 0 Å². The van der Waals surface area contributed by atoms with Crippen LogP contribution in [0.3, 0.4) is 0 Å². The lowest BCUT2D eigenvalue weighted by Crippen LogP contribution is -2.53. The van der Waals surface area contributed by atoms with Gasteiger partial charge >= 0.3 is 12.4 Å². The molecule has 2 N–H and O–H groups in total. The van der Waals surface area contributed by atoms with Crippen LogP contribution in [0.4, 0.5) is 26.3 Å². The van der Waals surface area contributed by atoms with Crippen LogP contribution < -0.4 is 10.6 Å². The number of rotatable bonds is 5. The van der Waals surface area contributed by atoms with Gasteiger partial charge in [0.2, 0.25) is 5.91 Å². The van der Waals surface area contributed by atoms with Gasteiger partial charge in [0.1, 0.15) is 0 Å². The highest BCUT2D eigenvalue weighted by Crippen LogP contribution is 2.45. The SMILES string of the molecule is C[C@@H](OCC1(c2ccccc2)CCC2(CC1)NCNC2=O)c1cc(C(F)(F)F)cc(C(F)(F)F)c1. The molecule has 190 valence electrons. The Labute approximate surface area is 199 Å². The molecule has 1 amide bonds. The lowest BCUT2D eigenvalue weighted by atomic mass is 9.64. The second-order valence-electron chi connectivity index (χ2n) is 9.38. The molecule has 0 bridgehead atoms. The Balaban J connectivity index is 1.59. The van der Waals surface area contributed by atoms with Crippen molar-refractivity contribution in [3.05, 3.63) is 70.8 Å². The minimum atomic E-state index is -4.92. The zero-order valence-corrected chi connectivity index (χ0v) is 19.0. The number of amides is 1. The van der Waals surface area contributed by atoms with Crippen molar-refractivity contribution in [2.75, 3.05) is 13.3 Å². The van der Waals surface area contributed by atoms with E-state index in [0.717, 1.165) is 5.56 Å². The Morgan fingerprint density at radius 1 is 0.914 bits per heavy atom. The van der Waals surface area contributed by atoms with E-state index in [2.05, 4.69) is 10.6 Å². The molecule has 1 atom stereocenters. The Bertz CT molecular complexity index is 1030. The number of alkyl halides is 6. The van der Waals surface area contributed by atoms with Crippen molar-refractivity contribution >= 4 is 5.91 Å². The summed E-state index contributed by atoms with van der Waals surface area (Å²) in [5.74, 6) is -0.0582. The highest BCUT2D eigenvalue weighted by molar-refractivity contribution is 5.88. The first-order chi connectivity index (χ1) is 16.3. The van der Waals surface area contributed by atoms with Gasteiger partial charge in [-0.25, -0.2) is 0 Å². The third-order valence-corrected chi connectivity index (χ3v) is 7.25. The van der Waals surface area contributed by atoms with Crippen LogP contribution in [0.1, 0.15) is 61.0 Å². The zero-order valence-electron chi connectivity index (χ0n) is 19.0. The van der Waals surface area contributed by atoms with E-state index in [4.69, 9.17) is 4.74 Å². The number of halogens is 6. The predicted octanol–water partition coefficient (Wildman–Crippen LogP) is 5.73. The van der Waals surface area contributed by atoms with Gasteiger partial charge in [-0.1, -0.05) is 30.3 Å². The van der Waals surface area contributed by atoms with E-state index in [1.54, 1.807) is 0 Å². The van der Waals surface area contributed by atoms with E-state index < -0.39 is 40.5 Å². The maximum absolute atomic E-state index is 13.3. The van der Waals surface area contributed by atoms with Gasteiger partial charge in [0.05, 0.1) is 36.0 Å². The van der Waals surface area contributed by atoms with Crippen molar-refractivity contribution in [3.8, 4) is 0 Å². The lowest BCUT2D eigenvalue weighted by Gasteiger charge is -2.44. The molecule has 4 rings (SSSR count). The average molecular weight is 500 g/mol. The monoisotopic (exact) mass is 500 g/mol. The molecule has 1 spiro atoms. The number of benzene rings is 2. The van der Waals surface area contributed by atoms with Crippen LogP contribution in [0.5, 0.6) is 0 Å². The topological polar surface area (TPSA) is 50.4 Å². The van der Waals surface area contributed by atoms with Crippen LogP contribution in [0.25, 0.3) is 0 Å². The fraction of sp³-hybridized carbons (Fsp3) is 0.480. The summed E-state index contributed by atoms with van der Waals surface area (Å²) in [5.41, 5.74) is -3.16. The molecule has 35 heavy (non-hydrogen) atoms. The summed E-state index contributed by atoms with van der Waals surface area (Å²) >= 11 is 0. The molecule has 0 radical (unpaired) electrons. The largest absolute Gasteiger partial charge is 0.416 e. The fourth-order valence-electron chi connectivity index (χ4n) is 5.00. The molecule has 1 aliphatic carbocycles. The standard InChI is InChI=1S/C25H26F6N2O2/c1-16(17-11-19(24(26,27)28)13-20(12-17)25(29,30)31)35-14-22(18-5-3-2-4-6-18)7-9-23(10-8-22)21(34)32-15-33-23/h2-6,11-13,16,33H,7-10,14-15H2,1H3,(H,32,34)/t16-,22?,23?/m1/s1. The molecule has 1 aliphatic heterocycles. The van der Waals surface area contributed by atoms with Crippen molar-refractivity contribution in [2.45, 2.75) is 62.0 Å². The third-order valence-electron chi connectivity index (χ3n) is 7.25. The van der Waals surface area contributed by atoms with Gasteiger partial charge in [-0.05, 0) is 61.9 Å². The first-order valence-electron chi connectivity index (χ1n) is 11.3. The third kappa shape index (κ3) is 5.18. The van der Waals surface area contributed by atoms with Gasteiger partial charge in [0, 0.05) is 5.41 Å². The molecule has 0 aromatic heterocycles. The lowest BCUT2D eigenvalue weighted by molar-refractivity contribution is -0.143. The predicted molar refractivity (Wildman–Crippen MR) is 116 cm³/mol. The number of carbonyl (C=O) groups excluding carboxylic acids is 1. The summed E-state index contributed by atoms with van der Waals surface area (Å²) in [6.07, 6.45) is -8.65. The van der Waals surface area contributed by atoms with E-state index in [1.807, 2.05) is 30.3 Å². The summed E-state index contributed by atoms with van der Waals surface area (Å²) in [6.45, 7) is 1.93. The summed E-state index contributed by atoms with van der Waals surface area (Å²) < 4.78 is 85.7. The summed E-state index contributed by atoms with van der Waals surface area (Å²) in [6, 6.07) is 11.0. The molecule has 2 fully saturated rings. The van der Waals surface area contributed by atoms with Crippen LogP contribution in [0.15, 0.2) is 48.5 Å². The van der Waals surface area contributed by atoms with Crippen LogP contribution in [-0.2, 0) is 27.3 Å². The molecule has 0 unspecified atom stereocenters. The van der Waals surface area contributed by atoms with Crippen LogP contribution >= 0.6 is 0 Å². The van der Waals surface area contributed by atoms with E-state index in [-0.39, 0.29) is 24.1 Å². The number of hydrogen-bond acceptors (Lipinski definition) is 3. The highest BCUT2D eigenvalue weighted by atomic mass is 19.4. The maximum atomic E-state index is 13.3. The van der Waals surface area contributed by atoms with Crippen molar-refractivity contribution in [3.63, 3.8) is 0 Å². The average Bonchev–Trinajstić information content (AvgIpc) is 3.17. The first-order valence-corrected chi connectivity index (χ1v) is 11.3. The molecule has 4 nitrogen and oxygen atoms in total. The molecule has 1 saturated heterocycles. The van der Waals surface area contributed by atoms with E-state index >= 15 is 0 Å². The Morgan fingerprint density at radius 2 is 1.49 bits per heavy atom. The quantitative estimate of drug-likeness (QED) is 0.516. The van der Waals surface area contributed by atoms with Gasteiger partial charge in [-0.15, -0.1) is 0 Å². The maximum Gasteiger partial charge on any atom is 0.416 e. The number of ether oxygens (including phenoxy) is 1. The van der Waals surface area contributed by atoms with E-state index in [9.17, 15) is 31.1 Å². The summed E-state index contributed by atoms with van der Waals surface area (Å²) in [5, 5.41) is 6.02. The fourth-order valence-corrected chi connectivity index (χ4v) is 5.00. The molecular weight excluding hydrogens is 474 g/mol. The minimum Gasteiger partial charge on any atom is -0.373 e. The zero-order chi connectivity index (χ0) is 25.5. The van der Waals surface area contributed by atoms with Crippen molar-refractivity contribution in [2.24, 2.45) is 0 Å². The number of carbonyl (C=O) groups is 1.